The van der Waals surface area contributed by atoms with E-state index in [2.05, 4.69) is 10.3 Å². The number of pyridine rings is 1. The van der Waals surface area contributed by atoms with Crippen molar-refractivity contribution in [3.8, 4) is 0 Å². The molecule has 0 aliphatic rings. The molecule has 0 saturated heterocycles. The van der Waals surface area contributed by atoms with Gasteiger partial charge in [0.15, 0.2) is 0 Å². The van der Waals surface area contributed by atoms with Gasteiger partial charge < -0.3 is 10.1 Å². The van der Waals surface area contributed by atoms with Gasteiger partial charge in [-0.15, -0.1) is 0 Å². The molecule has 13 nitrogen and oxygen atoms in total. The number of carbonyl (C=O) groups excluding carboxylic acids is 1. The van der Waals surface area contributed by atoms with Crippen molar-refractivity contribution in [2.75, 3.05) is 18.5 Å². The van der Waals surface area contributed by atoms with Crippen molar-refractivity contribution in [3.63, 3.8) is 0 Å². The molecule has 1 N–H and O–H groups in total. The standard InChI is InChI=1S/C17H17N5O8/c23-17(12-8-14(21(26)27)10-15(9-12)22(28)29)30-7-3-1-2-6-18-16-5-4-13(11-19-16)20(24)25/h4-5,8-11H,1-3,6-7H2,(H,18,19). The minimum absolute atomic E-state index is 0.0467. The summed E-state index contributed by atoms with van der Waals surface area (Å²) in [7, 11) is 0. The fourth-order valence-electron chi connectivity index (χ4n) is 2.39. The number of nitro benzene ring substituents is 2. The van der Waals surface area contributed by atoms with E-state index in [9.17, 15) is 35.1 Å². The fourth-order valence-corrected chi connectivity index (χ4v) is 2.39. The third-order valence-corrected chi connectivity index (χ3v) is 3.88. The first-order chi connectivity index (χ1) is 14.3. The predicted molar refractivity (Wildman–Crippen MR) is 103 cm³/mol. The summed E-state index contributed by atoms with van der Waals surface area (Å²) in [6.07, 6.45) is 3.05. The lowest BCUT2D eigenvalue weighted by Gasteiger charge is -2.06. The van der Waals surface area contributed by atoms with Gasteiger partial charge in [0.2, 0.25) is 0 Å². The van der Waals surface area contributed by atoms with E-state index in [1.807, 2.05) is 0 Å². The molecule has 0 radical (unpaired) electrons. The average Bonchev–Trinajstić information content (AvgIpc) is 2.72. The smallest absolute Gasteiger partial charge is 0.338 e. The lowest BCUT2D eigenvalue weighted by molar-refractivity contribution is -0.394. The molecule has 158 valence electrons. The lowest BCUT2D eigenvalue weighted by Crippen LogP contribution is -2.08. The van der Waals surface area contributed by atoms with Crippen molar-refractivity contribution in [2.24, 2.45) is 0 Å². The van der Waals surface area contributed by atoms with Gasteiger partial charge in [0.1, 0.15) is 12.0 Å². The first kappa shape index (κ1) is 22.1. The molecule has 1 aromatic carbocycles. The molecule has 0 atom stereocenters. The number of unbranched alkanes of at least 4 members (excludes halogenated alkanes) is 2. The molecule has 30 heavy (non-hydrogen) atoms. The molecule has 2 aromatic rings. The van der Waals surface area contributed by atoms with Crippen molar-refractivity contribution in [1.82, 2.24) is 4.98 Å². The molecular formula is C17H17N5O8. The Balaban J connectivity index is 1.73. The molecule has 0 bridgehead atoms. The van der Waals surface area contributed by atoms with Crippen LogP contribution in [0, 0.1) is 30.3 Å². The number of nitrogens with one attached hydrogen (secondary N) is 1. The SMILES string of the molecule is O=C(OCCCCCNc1ccc([N+](=O)[O-])cn1)c1cc([N+](=O)[O-])cc([N+](=O)[O-])c1. The highest BCUT2D eigenvalue weighted by Gasteiger charge is 2.20. The molecule has 0 spiro atoms. The third kappa shape index (κ3) is 6.47. The van der Waals surface area contributed by atoms with Gasteiger partial charge >= 0.3 is 5.97 Å². The summed E-state index contributed by atoms with van der Waals surface area (Å²) >= 11 is 0. The zero-order valence-electron chi connectivity index (χ0n) is 15.6. The van der Waals surface area contributed by atoms with Crippen LogP contribution in [-0.4, -0.2) is 38.9 Å². The first-order valence-electron chi connectivity index (χ1n) is 8.73. The highest BCUT2D eigenvalue weighted by Crippen LogP contribution is 2.23. The Morgan fingerprint density at radius 1 is 0.900 bits per heavy atom. The Morgan fingerprint density at radius 3 is 2.07 bits per heavy atom. The summed E-state index contributed by atoms with van der Waals surface area (Å²) in [5, 5.41) is 35.3. The number of nitro groups is 3. The van der Waals surface area contributed by atoms with Crippen LogP contribution in [0.5, 0.6) is 0 Å². The second kappa shape index (κ2) is 10.4. The van der Waals surface area contributed by atoms with Crippen molar-refractivity contribution < 1.29 is 24.3 Å². The maximum atomic E-state index is 12.0. The van der Waals surface area contributed by atoms with Crippen molar-refractivity contribution >= 4 is 28.8 Å². The molecule has 0 unspecified atom stereocenters. The number of rotatable bonds is 11. The number of hydrogen-bond acceptors (Lipinski definition) is 10. The van der Waals surface area contributed by atoms with Gasteiger partial charge in [0, 0.05) is 24.7 Å². The van der Waals surface area contributed by atoms with E-state index in [1.165, 1.54) is 12.1 Å². The Hall–Kier alpha value is -4.16. The van der Waals surface area contributed by atoms with E-state index in [1.54, 1.807) is 0 Å². The fraction of sp³-hybridized carbons (Fsp3) is 0.294. The van der Waals surface area contributed by atoms with E-state index in [0.717, 1.165) is 24.4 Å². The van der Waals surface area contributed by atoms with E-state index < -0.39 is 32.1 Å². The largest absolute Gasteiger partial charge is 0.462 e. The quantitative estimate of drug-likeness (QED) is 0.246. The van der Waals surface area contributed by atoms with Crippen molar-refractivity contribution in [1.29, 1.82) is 0 Å². The van der Waals surface area contributed by atoms with E-state index in [4.69, 9.17) is 4.74 Å². The van der Waals surface area contributed by atoms with Crippen molar-refractivity contribution in [2.45, 2.75) is 19.3 Å². The maximum Gasteiger partial charge on any atom is 0.338 e. The Labute approximate surface area is 169 Å². The van der Waals surface area contributed by atoms with E-state index in [-0.39, 0.29) is 17.9 Å². The number of ether oxygens (including phenoxy) is 1. The first-order valence-corrected chi connectivity index (χ1v) is 8.73. The highest BCUT2D eigenvalue weighted by atomic mass is 16.6. The van der Waals surface area contributed by atoms with Crippen LogP contribution in [0.1, 0.15) is 29.6 Å². The van der Waals surface area contributed by atoms with Crippen LogP contribution in [-0.2, 0) is 4.74 Å². The van der Waals surface area contributed by atoms with E-state index in [0.29, 0.717) is 31.6 Å². The van der Waals surface area contributed by atoms with Gasteiger partial charge in [-0.25, -0.2) is 9.78 Å². The number of hydrogen-bond donors (Lipinski definition) is 1. The molecule has 1 heterocycles. The number of benzene rings is 1. The molecule has 0 amide bonds. The topological polar surface area (TPSA) is 181 Å². The van der Waals surface area contributed by atoms with Gasteiger partial charge in [-0.3, -0.25) is 30.3 Å². The van der Waals surface area contributed by atoms with Gasteiger partial charge in [0.05, 0.1) is 33.0 Å². The molecule has 2 rings (SSSR count). The molecule has 0 aliphatic carbocycles. The Kier molecular flexibility index (Phi) is 7.67. The minimum Gasteiger partial charge on any atom is -0.462 e. The normalized spacial score (nSPS) is 10.3. The zero-order chi connectivity index (χ0) is 22.1. The molecule has 1 aromatic heterocycles. The van der Waals surface area contributed by atoms with Gasteiger partial charge in [0.25, 0.3) is 17.1 Å². The average molecular weight is 419 g/mol. The van der Waals surface area contributed by atoms with Crippen LogP contribution in [0.2, 0.25) is 0 Å². The second-order valence-electron chi connectivity index (χ2n) is 6.03. The highest BCUT2D eigenvalue weighted by molar-refractivity contribution is 5.91. The van der Waals surface area contributed by atoms with Gasteiger partial charge in [-0.1, -0.05) is 0 Å². The molecule has 0 fully saturated rings. The predicted octanol–water partition coefficient (Wildman–Crippen LogP) is 3.25. The molecular weight excluding hydrogens is 402 g/mol. The maximum absolute atomic E-state index is 12.0. The van der Waals surface area contributed by atoms with Crippen LogP contribution in [0.3, 0.4) is 0 Å². The molecule has 0 aliphatic heterocycles. The summed E-state index contributed by atoms with van der Waals surface area (Å²) in [5.41, 5.74) is -1.50. The summed E-state index contributed by atoms with van der Waals surface area (Å²) < 4.78 is 5.02. The van der Waals surface area contributed by atoms with Crippen LogP contribution in [0.4, 0.5) is 22.9 Å². The third-order valence-electron chi connectivity index (χ3n) is 3.88. The number of esters is 1. The summed E-state index contributed by atoms with van der Waals surface area (Å²) in [4.78, 5) is 46.0. The Bertz CT molecular complexity index is 915. The number of non-ortho nitro benzene ring substituents is 2. The van der Waals surface area contributed by atoms with Crippen LogP contribution >= 0.6 is 0 Å². The number of aromatic nitrogens is 1. The number of carbonyl (C=O) groups is 1. The zero-order valence-corrected chi connectivity index (χ0v) is 15.6. The van der Waals surface area contributed by atoms with Crippen LogP contribution in [0.25, 0.3) is 0 Å². The van der Waals surface area contributed by atoms with Gasteiger partial charge in [-0.2, -0.15) is 0 Å². The molecule has 0 saturated carbocycles. The van der Waals surface area contributed by atoms with Gasteiger partial charge in [-0.05, 0) is 25.3 Å². The van der Waals surface area contributed by atoms with Crippen LogP contribution in [0.15, 0.2) is 36.5 Å². The second-order valence-corrected chi connectivity index (χ2v) is 6.03. The number of anilines is 1. The summed E-state index contributed by atoms with van der Waals surface area (Å²) in [6.45, 7) is 0.598. The summed E-state index contributed by atoms with van der Waals surface area (Å²) in [5.74, 6) is -0.380. The van der Waals surface area contributed by atoms with Crippen LogP contribution < -0.4 is 5.32 Å². The summed E-state index contributed by atoms with van der Waals surface area (Å²) in [6, 6.07) is 5.46. The molecule has 13 heteroatoms. The monoisotopic (exact) mass is 419 g/mol. The lowest BCUT2D eigenvalue weighted by atomic mass is 10.2. The minimum atomic E-state index is -0.880. The van der Waals surface area contributed by atoms with E-state index >= 15 is 0 Å². The number of nitrogens with zero attached hydrogens (tertiary/aromatic N) is 4. The van der Waals surface area contributed by atoms with Crippen molar-refractivity contribution in [3.05, 3.63) is 72.4 Å². The Morgan fingerprint density at radius 2 is 1.53 bits per heavy atom.